The molecule has 0 aliphatic heterocycles. The van der Waals surface area contributed by atoms with Gasteiger partial charge in [-0.15, -0.1) is 11.3 Å². The summed E-state index contributed by atoms with van der Waals surface area (Å²) in [6.45, 7) is 1.95. The Bertz CT molecular complexity index is 783. The van der Waals surface area contributed by atoms with E-state index in [0.29, 0.717) is 6.07 Å². The SMILES string of the molecule is Cc1ccc(CNS(=O)(=O)c2ccc(C(=O)O)cc2F)s1. The van der Waals surface area contributed by atoms with Crippen LogP contribution in [0.4, 0.5) is 4.39 Å². The van der Waals surface area contributed by atoms with Crippen molar-refractivity contribution in [3.05, 3.63) is 51.5 Å². The molecule has 0 radical (unpaired) electrons. The summed E-state index contributed by atoms with van der Waals surface area (Å²) in [4.78, 5) is 12.0. The van der Waals surface area contributed by atoms with Crippen LogP contribution in [0.3, 0.4) is 0 Å². The van der Waals surface area contributed by atoms with Crippen molar-refractivity contribution in [3.63, 3.8) is 0 Å². The molecule has 2 N–H and O–H groups in total. The van der Waals surface area contributed by atoms with Crippen LogP contribution in [-0.2, 0) is 16.6 Å². The monoisotopic (exact) mass is 329 g/mol. The molecular formula is C13H12FNO4S2. The molecule has 0 spiro atoms. The Morgan fingerprint density at radius 1 is 1.33 bits per heavy atom. The van der Waals surface area contributed by atoms with Crippen molar-refractivity contribution in [1.29, 1.82) is 0 Å². The van der Waals surface area contributed by atoms with Crippen molar-refractivity contribution in [2.24, 2.45) is 0 Å². The maximum Gasteiger partial charge on any atom is 0.335 e. The fraction of sp³-hybridized carbons (Fsp3) is 0.154. The van der Waals surface area contributed by atoms with E-state index in [1.54, 1.807) is 6.07 Å². The zero-order chi connectivity index (χ0) is 15.6. The van der Waals surface area contributed by atoms with E-state index in [1.807, 2.05) is 13.0 Å². The third-order valence-electron chi connectivity index (χ3n) is 2.70. The average molecular weight is 329 g/mol. The maximum absolute atomic E-state index is 13.8. The lowest BCUT2D eigenvalue weighted by Crippen LogP contribution is -2.24. The lowest BCUT2D eigenvalue weighted by molar-refractivity contribution is 0.0696. The predicted octanol–water partition coefficient (Wildman–Crippen LogP) is 2.37. The Labute approximate surface area is 125 Å². The summed E-state index contributed by atoms with van der Waals surface area (Å²) in [6.07, 6.45) is 0. The van der Waals surface area contributed by atoms with Gasteiger partial charge in [-0.2, -0.15) is 0 Å². The van der Waals surface area contributed by atoms with Gasteiger partial charge < -0.3 is 5.11 Å². The number of benzene rings is 1. The van der Waals surface area contributed by atoms with E-state index >= 15 is 0 Å². The van der Waals surface area contributed by atoms with Gasteiger partial charge in [0.15, 0.2) is 0 Å². The molecule has 8 heteroatoms. The van der Waals surface area contributed by atoms with Crippen LogP contribution >= 0.6 is 11.3 Å². The Balaban J connectivity index is 2.21. The van der Waals surface area contributed by atoms with Crippen molar-refractivity contribution >= 4 is 27.3 Å². The predicted molar refractivity (Wildman–Crippen MR) is 76.4 cm³/mol. The molecular weight excluding hydrogens is 317 g/mol. The minimum atomic E-state index is -4.03. The Morgan fingerprint density at radius 3 is 2.57 bits per heavy atom. The molecule has 0 fully saturated rings. The molecule has 0 bridgehead atoms. The van der Waals surface area contributed by atoms with Gasteiger partial charge in [-0.25, -0.2) is 22.3 Å². The molecule has 2 aromatic rings. The zero-order valence-corrected chi connectivity index (χ0v) is 12.6. The van der Waals surface area contributed by atoms with Gasteiger partial charge >= 0.3 is 5.97 Å². The van der Waals surface area contributed by atoms with E-state index in [-0.39, 0.29) is 12.1 Å². The number of aromatic carboxylic acids is 1. The number of rotatable bonds is 5. The first-order valence-corrected chi connectivity index (χ1v) is 8.17. The summed E-state index contributed by atoms with van der Waals surface area (Å²) in [5.41, 5.74) is -0.305. The molecule has 1 aromatic heterocycles. The second-order valence-corrected chi connectivity index (χ2v) is 7.40. The largest absolute Gasteiger partial charge is 0.478 e. The van der Waals surface area contributed by atoms with Gasteiger partial charge in [-0.3, -0.25) is 0 Å². The average Bonchev–Trinajstić information content (AvgIpc) is 2.82. The van der Waals surface area contributed by atoms with Crippen LogP contribution in [0, 0.1) is 12.7 Å². The fourth-order valence-electron chi connectivity index (χ4n) is 1.68. The fourth-order valence-corrected chi connectivity index (χ4v) is 3.66. The maximum atomic E-state index is 13.8. The summed E-state index contributed by atoms with van der Waals surface area (Å²) in [6, 6.07) is 6.32. The number of nitrogens with one attached hydrogen (secondary N) is 1. The van der Waals surface area contributed by atoms with Crippen LogP contribution in [0.5, 0.6) is 0 Å². The first-order chi connectivity index (χ1) is 9.79. The summed E-state index contributed by atoms with van der Waals surface area (Å²) in [7, 11) is -4.03. The second kappa shape index (κ2) is 5.92. The second-order valence-electron chi connectivity index (χ2n) is 4.29. The number of carboxylic acids is 1. The first-order valence-electron chi connectivity index (χ1n) is 5.87. The molecule has 0 aliphatic rings. The lowest BCUT2D eigenvalue weighted by atomic mass is 10.2. The molecule has 0 saturated carbocycles. The molecule has 21 heavy (non-hydrogen) atoms. The number of thiophene rings is 1. The Kier molecular flexibility index (Phi) is 4.40. The van der Waals surface area contributed by atoms with Gasteiger partial charge in [0.25, 0.3) is 0 Å². The van der Waals surface area contributed by atoms with Crippen LogP contribution in [0.25, 0.3) is 0 Å². The van der Waals surface area contributed by atoms with Gasteiger partial charge in [-0.05, 0) is 37.3 Å². The molecule has 0 saturated heterocycles. The molecule has 2 rings (SSSR count). The van der Waals surface area contributed by atoms with Gasteiger partial charge in [0.1, 0.15) is 10.7 Å². The van der Waals surface area contributed by atoms with Crippen molar-refractivity contribution < 1.29 is 22.7 Å². The third-order valence-corrected chi connectivity index (χ3v) is 5.14. The van der Waals surface area contributed by atoms with E-state index in [0.717, 1.165) is 21.9 Å². The van der Waals surface area contributed by atoms with E-state index in [9.17, 15) is 17.6 Å². The number of hydrogen-bond donors (Lipinski definition) is 2. The third kappa shape index (κ3) is 3.66. The van der Waals surface area contributed by atoms with Crippen molar-refractivity contribution in [3.8, 4) is 0 Å². The number of carbonyl (C=O) groups is 1. The van der Waals surface area contributed by atoms with Crippen LogP contribution in [0.15, 0.2) is 35.2 Å². The minimum absolute atomic E-state index is 0.0565. The minimum Gasteiger partial charge on any atom is -0.478 e. The molecule has 0 amide bonds. The standard InChI is InChI=1S/C13H12FNO4S2/c1-8-2-4-10(20-8)7-15-21(18,19)12-5-3-9(13(16)17)6-11(12)14/h2-6,15H,7H2,1H3,(H,16,17). The molecule has 0 atom stereocenters. The Hall–Kier alpha value is -1.77. The highest BCUT2D eigenvalue weighted by Gasteiger charge is 2.20. The van der Waals surface area contributed by atoms with Gasteiger partial charge in [0.05, 0.1) is 5.56 Å². The van der Waals surface area contributed by atoms with Gasteiger partial charge in [-0.1, -0.05) is 0 Å². The number of aryl methyl sites for hydroxylation is 1. The smallest absolute Gasteiger partial charge is 0.335 e. The topological polar surface area (TPSA) is 83.5 Å². The quantitative estimate of drug-likeness (QED) is 0.882. The van der Waals surface area contributed by atoms with Crippen LogP contribution in [-0.4, -0.2) is 19.5 Å². The molecule has 5 nitrogen and oxygen atoms in total. The molecule has 0 unspecified atom stereocenters. The zero-order valence-electron chi connectivity index (χ0n) is 11.0. The van der Waals surface area contributed by atoms with Gasteiger partial charge in [0, 0.05) is 16.3 Å². The Morgan fingerprint density at radius 2 is 2.05 bits per heavy atom. The highest BCUT2D eigenvalue weighted by Crippen LogP contribution is 2.18. The highest BCUT2D eigenvalue weighted by molar-refractivity contribution is 7.89. The summed E-state index contributed by atoms with van der Waals surface area (Å²) in [5.74, 6) is -2.41. The van der Waals surface area contributed by atoms with E-state index in [2.05, 4.69) is 4.72 Å². The van der Waals surface area contributed by atoms with Crippen LogP contribution in [0.2, 0.25) is 0 Å². The number of halogens is 1. The highest BCUT2D eigenvalue weighted by atomic mass is 32.2. The van der Waals surface area contributed by atoms with Gasteiger partial charge in [0.2, 0.25) is 10.0 Å². The van der Waals surface area contributed by atoms with Crippen molar-refractivity contribution in [1.82, 2.24) is 4.72 Å². The number of carboxylic acid groups (broad SMARTS) is 1. The number of sulfonamides is 1. The van der Waals surface area contributed by atoms with Crippen molar-refractivity contribution in [2.75, 3.05) is 0 Å². The van der Waals surface area contributed by atoms with Crippen molar-refractivity contribution in [2.45, 2.75) is 18.4 Å². The summed E-state index contributed by atoms with van der Waals surface area (Å²) < 4.78 is 40.1. The van der Waals surface area contributed by atoms with E-state index in [1.165, 1.54) is 11.3 Å². The normalized spacial score (nSPS) is 11.5. The number of hydrogen-bond acceptors (Lipinski definition) is 4. The van der Waals surface area contributed by atoms with Crippen LogP contribution < -0.4 is 4.72 Å². The lowest BCUT2D eigenvalue weighted by Gasteiger charge is -2.07. The molecule has 0 aliphatic carbocycles. The summed E-state index contributed by atoms with van der Waals surface area (Å²) in [5, 5.41) is 8.73. The van der Waals surface area contributed by atoms with E-state index in [4.69, 9.17) is 5.11 Å². The van der Waals surface area contributed by atoms with Crippen LogP contribution in [0.1, 0.15) is 20.1 Å². The molecule has 112 valence electrons. The van der Waals surface area contributed by atoms with E-state index < -0.39 is 26.7 Å². The summed E-state index contributed by atoms with van der Waals surface area (Å²) >= 11 is 1.44. The first kappa shape index (κ1) is 15.6. The molecule has 1 aromatic carbocycles. The molecule has 1 heterocycles.